The number of aromatic nitrogens is 3. The molecule has 12 heteroatoms. The average Bonchev–Trinajstić information content (AvgIpc) is 3.33. The fourth-order valence-electron chi connectivity index (χ4n) is 5.16. The van der Waals surface area contributed by atoms with Gasteiger partial charge in [-0.25, -0.2) is 9.89 Å². The van der Waals surface area contributed by atoms with Gasteiger partial charge in [-0.1, -0.05) is 30.3 Å². The molecule has 1 aliphatic rings. The van der Waals surface area contributed by atoms with Gasteiger partial charge in [0.15, 0.2) is 0 Å². The third kappa shape index (κ3) is 5.51. The lowest BCUT2D eigenvalue weighted by atomic mass is 9.64. The molecule has 0 spiro atoms. The molecular weight excluding hydrogens is 516 g/mol. The molecule has 2 N–H and O–H groups in total. The maximum absolute atomic E-state index is 13.4. The number of aromatic amines is 1. The number of aliphatic hydroxyl groups is 1. The van der Waals surface area contributed by atoms with Gasteiger partial charge >= 0.3 is 18.0 Å². The smallest absolute Gasteiger partial charge is 0.394 e. The van der Waals surface area contributed by atoms with Gasteiger partial charge in [0.2, 0.25) is 0 Å². The van der Waals surface area contributed by atoms with Crippen molar-refractivity contribution < 1.29 is 36.2 Å². The molecule has 1 aromatic heterocycles. The normalized spacial score (nSPS) is 23.4. The number of aliphatic hydroxyl groups excluding tert-OH is 1. The SMILES string of the molecule is C[C@@H](OCC1(c2ccccc2)CCC(CO)(n2cn[nH]c2=O)CC1)c1cc(C(F)(F)F)cc(C(F)(F)F)c1. The fourth-order valence-corrected chi connectivity index (χ4v) is 5.16. The van der Waals surface area contributed by atoms with Crippen LogP contribution < -0.4 is 5.69 Å². The molecular formula is C26H27F6N3O3. The maximum atomic E-state index is 13.4. The topological polar surface area (TPSA) is 80.1 Å². The van der Waals surface area contributed by atoms with E-state index in [-0.39, 0.29) is 24.8 Å². The lowest BCUT2D eigenvalue weighted by Gasteiger charge is -2.46. The first-order valence-electron chi connectivity index (χ1n) is 12.0. The molecule has 6 nitrogen and oxygen atoms in total. The van der Waals surface area contributed by atoms with Gasteiger partial charge in [0.05, 0.1) is 36.0 Å². The van der Waals surface area contributed by atoms with E-state index >= 15 is 0 Å². The molecule has 1 aliphatic carbocycles. The number of ether oxygens (including phenoxy) is 1. The Morgan fingerprint density at radius 3 is 2.05 bits per heavy atom. The molecule has 2 aromatic carbocycles. The second-order valence-corrected chi connectivity index (χ2v) is 9.85. The Bertz CT molecular complexity index is 1260. The van der Waals surface area contributed by atoms with Crippen molar-refractivity contribution >= 4 is 0 Å². The Kier molecular flexibility index (Phi) is 7.50. The van der Waals surface area contributed by atoms with Crippen LogP contribution >= 0.6 is 0 Å². The summed E-state index contributed by atoms with van der Waals surface area (Å²) < 4.78 is 87.5. The molecule has 0 radical (unpaired) electrons. The number of hydrogen-bond donors (Lipinski definition) is 2. The average molecular weight is 544 g/mol. The van der Waals surface area contributed by atoms with Crippen LogP contribution in [0.2, 0.25) is 0 Å². The summed E-state index contributed by atoms with van der Waals surface area (Å²) in [4.78, 5) is 12.2. The Hall–Kier alpha value is -3.12. The van der Waals surface area contributed by atoms with Crippen LogP contribution in [0.4, 0.5) is 26.3 Å². The van der Waals surface area contributed by atoms with Crippen molar-refractivity contribution in [1.29, 1.82) is 0 Å². The maximum Gasteiger partial charge on any atom is 0.416 e. The van der Waals surface area contributed by atoms with Crippen LogP contribution in [-0.4, -0.2) is 33.1 Å². The van der Waals surface area contributed by atoms with Crippen molar-refractivity contribution in [1.82, 2.24) is 14.8 Å². The Labute approximate surface area is 214 Å². The van der Waals surface area contributed by atoms with Gasteiger partial charge in [0.25, 0.3) is 0 Å². The summed E-state index contributed by atoms with van der Waals surface area (Å²) in [5, 5.41) is 16.3. The minimum Gasteiger partial charge on any atom is -0.394 e. The van der Waals surface area contributed by atoms with Crippen molar-refractivity contribution in [2.45, 2.75) is 62.0 Å². The van der Waals surface area contributed by atoms with Gasteiger partial charge < -0.3 is 9.84 Å². The zero-order valence-corrected chi connectivity index (χ0v) is 20.4. The number of hydrogen-bond acceptors (Lipinski definition) is 4. The van der Waals surface area contributed by atoms with E-state index in [9.17, 15) is 36.2 Å². The fraction of sp³-hybridized carbons (Fsp3) is 0.462. The van der Waals surface area contributed by atoms with E-state index in [1.165, 1.54) is 17.8 Å². The highest BCUT2D eigenvalue weighted by molar-refractivity contribution is 5.35. The molecule has 3 aromatic rings. The number of alkyl halides is 6. The number of H-pyrrole nitrogens is 1. The highest BCUT2D eigenvalue weighted by Crippen LogP contribution is 2.47. The van der Waals surface area contributed by atoms with E-state index in [1.807, 2.05) is 30.3 Å². The van der Waals surface area contributed by atoms with Gasteiger partial charge in [-0.05, 0) is 61.9 Å². The molecule has 1 saturated carbocycles. The Balaban J connectivity index is 1.62. The Morgan fingerprint density at radius 2 is 1.58 bits per heavy atom. The van der Waals surface area contributed by atoms with Crippen molar-refractivity contribution in [3.05, 3.63) is 87.6 Å². The van der Waals surface area contributed by atoms with Crippen LogP contribution in [0.5, 0.6) is 0 Å². The summed E-state index contributed by atoms with van der Waals surface area (Å²) in [6.07, 6.45) is -8.02. The third-order valence-corrected chi connectivity index (χ3v) is 7.57. The second-order valence-electron chi connectivity index (χ2n) is 9.85. The van der Waals surface area contributed by atoms with Gasteiger partial charge in [-0.15, -0.1) is 0 Å². The van der Waals surface area contributed by atoms with Crippen molar-refractivity contribution in [3.63, 3.8) is 0 Å². The van der Waals surface area contributed by atoms with Crippen LogP contribution in [0.15, 0.2) is 59.7 Å². The van der Waals surface area contributed by atoms with Crippen molar-refractivity contribution in [2.24, 2.45) is 0 Å². The summed E-state index contributed by atoms with van der Waals surface area (Å²) >= 11 is 0. The van der Waals surface area contributed by atoms with Gasteiger partial charge in [-0.2, -0.15) is 31.4 Å². The van der Waals surface area contributed by atoms with E-state index in [2.05, 4.69) is 10.2 Å². The molecule has 1 fully saturated rings. The molecule has 0 saturated heterocycles. The van der Waals surface area contributed by atoms with E-state index < -0.39 is 46.2 Å². The van der Waals surface area contributed by atoms with Gasteiger partial charge in [0.1, 0.15) is 6.33 Å². The summed E-state index contributed by atoms with van der Waals surface area (Å²) in [7, 11) is 0. The summed E-state index contributed by atoms with van der Waals surface area (Å²) in [6.45, 7) is 1.12. The second kappa shape index (κ2) is 10.2. The zero-order valence-electron chi connectivity index (χ0n) is 20.4. The first-order valence-corrected chi connectivity index (χ1v) is 12.0. The van der Waals surface area contributed by atoms with Crippen molar-refractivity contribution in [2.75, 3.05) is 13.2 Å². The summed E-state index contributed by atoms with van der Waals surface area (Å²) in [5.74, 6) is 0. The minimum absolute atomic E-state index is 0.0115. The van der Waals surface area contributed by atoms with E-state index in [0.29, 0.717) is 37.8 Å². The number of benzene rings is 2. The molecule has 0 bridgehead atoms. The quantitative estimate of drug-likeness (QED) is 0.381. The molecule has 206 valence electrons. The minimum atomic E-state index is -4.96. The third-order valence-electron chi connectivity index (χ3n) is 7.57. The highest BCUT2D eigenvalue weighted by Gasteiger charge is 2.46. The molecule has 0 unspecified atom stereocenters. The first kappa shape index (κ1) is 27.9. The highest BCUT2D eigenvalue weighted by atomic mass is 19.4. The summed E-state index contributed by atoms with van der Waals surface area (Å²) in [5.41, 5.74) is -4.13. The monoisotopic (exact) mass is 543 g/mol. The number of nitrogens with zero attached hydrogens (tertiary/aromatic N) is 2. The number of rotatable bonds is 7. The van der Waals surface area contributed by atoms with Crippen LogP contribution in [0.1, 0.15) is 61.0 Å². The molecule has 38 heavy (non-hydrogen) atoms. The molecule has 0 amide bonds. The molecule has 1 atom stereocenters. The molecule has 0 aliphatic heterocycles. The molecule has 4 rings (SSSR count). The van der Waals surface area contributed by atoms with Crippen LogP contribution in [-0.2, 0) is 28.0 Å². The number of nitrogens with one attached hydrogen (secondary N) is 1. The van der Waals surface area contributed by atoms with Crippen LogP contribution in [0.25, 0.3) is 0 Å². The standard InChI is InChI=1S/C26H27F6N3O3/c1-17(18-11-20(25(27,28)29)13-21(12-18)26(30,31)32)38-15-23(19-5-3-2-4-6-19)7-9-24(14-36,10-8-23)35-16-33-34-22(35)37/h2-6,11-13,16-17,36H,7-10,14-15H2,1H3,(H,34,37)/t17-,23?,24?/m1/s1. The van der Waals surface area contributed by atoms with Crippen LogP contribution in [0.3, 0.4) is 0 Å². The van der Waals surface area contributed by atoms with E-state index in [4.69, 9.17) is 4.74 Å². The lowest BCUT2D eigenvalue weighted by molar-refractivity contribution is -0.143. The van der Waals surface area contributed by atoms with E-state index in [1.54, 1.807) is 0 Å². The Morgan fingerprint density at radius 1 is 1.00 bits per heavy atom. The predicted octanol–water partition coefficient (Wildman–Crippen LogP) is 5.59. The van der Waals surface area contributed by atoms with Crippen LogP contribution in [0, 0.1) is 0 Å². The molecule has 1 heterocycles. The largest absolute Gasteiger partial charge is 0.416 e. The van der Waals surface area contributed by atoms with E-state index in [0.717, 1.165) is 5.56 Å². The predicted molar refractivity (Wildman–Crippen MR) is 125 cm³/mol. The van der Waals surface area contributed by atoms with Gasteiger partial charge in [-0.3, -0.25) is 4.57 Å². The lowest BCUT2D eigenvalue weighted by Crippen LogP contribution is -2.50. The summed E-state index contributed by atoms with van der Waals surface area (Å²) in [6, 6.07) is 10.7. The number of halogens is 6. The van der Waals surface area contributed by atoms with Crippen molar-refractivity contribution in [3.8, 4) is 0 Å². The first-order chi connectivity index (χ1) is 17.8. The zero-order chi connectivity index (χ0) is 27.8. The van der Waals surface area contributed by atoms with Gasteiger partial charge in [0, 0.05) is 5.41 Å².